The largest absolute Gasteiger partial charge is 0.478 e. The molecule has 84 valence electrons. The minimum Gasteiger partial charge on any atom is -0.478 e. The van der Waals surface area contributed by atoms with Crippen molar-refractivity contribution in [3.63, 3.8) is 0 Å². The Hall–Kier alpha value is -1.87. The normalized spacial score (nSPS) is 10.8. The van der Waals surface area contributed by atoms with Crippen LogP contribution in [0.4, 0.5) is 0 Å². The molecule has 0 aliphatic rings. The average molecular weight is 239 g/mol. The number of hydrogen-bond donors (Lipinski definition) is 1. The third-order valence-electron chi connectivity index (χ3n) is 1.88. The van der Waals surface area contributed by atoms with Crippen LogP contribution in [-0.4, -0.2) is 25.7 Å². The first kappa shape index (κ1) is 12.2. The second kappa shape index (κ2) is 4.33. The minimum atomic E-state index is -3.33. The molecule has 0 saturated carbocycles. The summed E-state index contributed by atoms with van der Waals surface area (Å²) in [5.74, 6) is -1.59. The van der Waals surface area contributed by atoms with Crippen molar-refractivity contribution in [2.45, 2.75) is 5.75 Å². The molecule has 5 nitrogen and oxygen atoms in total. The van der Waals surface area contributed by atoms with Crippen molar-refractivity contribution in [2.75, 3.05) is 6.26 Å². The number of carboxylic acids is 1. The highest BCUT2D eigenvalue weighted by Crippen LogP contribution is 2.14. The van der Waals surface area contributed by atoms with Gasteiger partial charge >= 0.3 is 5.97 Å². The molecule has 1 N–H and O–H groups in total. The number of nitriles is 1. The summed E-state index contributed by atoms with van der Waals surface area (Å²) in [7, 11) is -3.33. The zero-order chi connectivity index (χ0) is 12.3. The maximum absolute atomic E-state index is 11.1. The number of benzene rings is 1. The first-order chi connectivity index (χ1) is 7.33. The number of carboxylic acid groups (broad SMARTS) is 1. The van der Waals surface area contributed by atoms with Gasteiger partial charge in [0.15, 0.2) is 9.84 Å². The van der Waals surface area contributed by atoms with E-state index in [0.29, 0.717) is 0 Å². The predicted octanol–water partition coefficient (Wildman–Crippen LogP) is 0.801. The molecule has 0 aliphatic heterocycles. The van der Waals surface area contributed by atoms with E-state index in [1.165, 1.54) is 18.2 Å². The van der Waals surface area contributed by atoms with E-state index in [0.717, 1.165) is 6.26 Å². The Kier molecular flexibility index (Phi) is 3.30. The van der Waals surface area contributed by atoms with Gasteiger partial charge < -0.3 is 5.11 Å². The van der Waals surface area contributed by atoms with Crippen molar-refractivity contribution in [2.24, 2.45) is 0 Å². The lowest BCUT2D eigenvalue weighted by molar-refractivity contribution is 0.0696. The van der Waals surface area contributed by atoms with E-state index >= 15 is 0 Å². The quantitative estimate of drug-likeness (QED) is 0.841. The number of carbonyl (C=O) groups is 1. The molecule has 0 spiro atoms. The summed E-state index contributed by atoms with van der Waals surface area (Å²) >= 11 is 0. The zero-order valence-electron chi connectivity index (χ0n) is 8.47. The molecule has 0 saturated heterocycles. The highest BCUT2D eigenvalue weighted by atomic mass is 32.2. The molecule has 0 atom stereocenters. The number of nitrogens with zero attached hydrogens (tertiary/aromatic N) is 1. The van der Waals surface area contributed by atoms with E-state index < -0.39 is 15.8 Å². The maximum Gasteiger partial charge on any atom is 0.335 e. The Bertz CT molecular complexity index is 569. The van der Waals surface area contributed by atoms with Gasteiger partial charge in [-0.2, -0.15) is 5.26 Å². The molecule has 1 aromatic rings. The van der Waals surface area contributed by atoms with Gasteiger partial charge in [-0.1, -0.05) is 0 Å². The summed E-state index contributed by atoms with van der Waals surface area (Å²) in [6.07, 6.45) is 1.01. The van der Waals surface area contributed by atoms with Crippen LogP contribution in [-0.2, 0) is 15.6 Å². The van der Waals surface area contributed by atoms with E-state index in [9.17, 15) is 13.2 Å². The van der Waals surface area contributed by atoms with Gasteiger partial charge in [-0.25, -0.2) is 13.2 Å². The minimum absolute atomic E-state index is 0.0931. The van der Waals surface area contributed by atoms with Crippen molar-refractivity contribution < 1.29 is 18.3 Å². The van der Waals surface area contributed by atoms with Gasteiger partial charge in [-0.05, 0) is 23.8 Å². The van der Waals surface area contributed by atoms with Gasteiger partial charge in [-0.15, -0.1) is 0 Å². The van der Waals surface area contributed by atoms with Crippen LogP contribution < -0.4 is 0 Å². The van der Waals surface area contributed by atoms with Gasteiger partial charge in [-0.3, -0.25) is 0 Å². The Labute approximate surface area is 92.9 Å². The van der Waals surface area contributed by atoms with Gasteiger partial charge in [0.05, 0.1) is 22.9 Å². The van der Waals surface area contributed by atoms with E-state index in [2.05, 4.69) is 0 Å². The fourth-order valence-corrected chi connectivity index (χ4v) is 2.08. The smallest absolute Gasteiger partial charge is 0.335 e. The third-order valence-corrected chi connectivity index (χ3v) is 2.72. The maximum atomic E-state index is 11.1. The average Bonchev–Trinajstić information content (AvgIpc) is 2.14. The van der Waals surface area contributed by atoms with Crippen molar-refractivity contribution >= 4 is 15.8 Å². The molecule has 6 heteroatoms. The number of sulfone groups is 1. The van der Waals surface area contributed by atoms with Crippen LogP contribution in [0.3, 0.4) is 0 Å². The molecule has 0 heterocycles. The SMILES string of the molecule is CS(=O)(=O)Cc1cc(C#N)ccc1C(=O)O. The molecule has 0 aliphatic carbocycles. The number of aromatic carboxylic acids is 1. The van der Waals surface area contributed by atoms with Gasteiger partial charge in [0.1, 0.15) is 0 Å². The fourth-order valence-electron chi connectivity index (χ4n) is 1.27. The summed E-state index contributed by atoms with van der Waals surface area (Å²) in [5, 5.41) is 17.5. The molecule has 1 rings (SSSR count). The summed E-state index contributed by atoms with van der Waals surface area (Å²) < 4.78 is 22.2. The van der Waals surface area contributed by atoms with Crippen molar-refractivity contribution in [1.82, 2.24) is 0 Å². The van der Waals surface area contributed by atoms with E-state index in [1.54, 1.807) is 0 Å². The molecule has 0 unspecified atom stereocenters. The molecule has 1 aromatic carbocycles. The second-order valence-corrected chi connectivity index (χ2v) is 5.50. The monoisotopic (exact) mass is 239 g/mol. The Morgan fingerprint density at radius 3 is 2.56 bits per heavy atom. The Morgan fingerprint density at radius 1 is 1.50 bits per heavy atom. The highest BCUT2D eigenvalue weighted by molar-refractivity contribution is 7.89. The molecule has 16 heavy (non-hydrogen) atoms. The van der Waals surface area contributed by atoms with Crippen LogP contribution in [0.2, 0.25) is 0 Å². The molecular weight excluding hydrogens is 230 g/mol. The van der Waals surface area contributed by atoms with Crippen molar-refractivity contribution in [1.29, 1.82) is 5.26 Å². The molecule has 0 bridgehead atoms. The van der Waals surface area contributed by atoms with Crippen molar-refractivity contribution in [3.8, 4) is 6.07 Å². The van der Waals surface area contributed by atoms with Gasteiger partial charge in [0, 0.05) is 6.26 Å². The highest BCUT2D eigenvalue weighted by Gasteiger charge is 2.14. The zero-order valence-corrected chi connectivity index (χ0v) is 9.28. The first-order valence-corrected chi connectivity index (χ1v) is 6.33. The molecule has 0 radical (unpaired) electrons. The summed E-state index contributed by atoms with van der Waals surface area (Å²) in [5.41, 5.74) is 0.280. The standard InChI is InChI=1S/C10H9NO4S/c1-16(14,15)6-8-4-7(5-11)2-3-9(8)10(12)13/h2-4H,6H2,1H3,(H,12,13). The van der Waals surface area contributed by atoms with E-state index in [-0.39, 0.29) is 22.4 Å². The van der Waals surface area contributed by atoms with Crippen LogP contribution in [0, 0.1) is 11.3 Å². The molecule has 0 fully saturated rings. The van der Waals surface area contributed by atoms with Crippen LogP contribution in [0.5, 0.6) is 0 Å². The first-order valence-electron chi connectivity index (χ1n) is 4.27. The summed E-state index contributed by atoms with van der Waals surface area (Å²) in [6, 6.07) is 5.69. The lowest BCUT2D eigenvalue weighted by Gasteiger charge is -2.04. The lowest BCUT2D eigenvalue weighted by atomic mass is 10.1. The number of rotatable bonds is 3. The lowest BCUT2D eigenvalue weighted by Crippen LogP contribution is -2.08. The fraction of sp³-hybridized carbons (Fsp3) is 0.200. The number of hydrogen-bond acceptors (Lipinski definition) is 4. The molecule has 0 aromatic heterocycles. The van der Waals surface area contributed by atoms with Crippen LogP contribution in [0.15, 0.2) is 18.2 Å². The molecular formula is C10H9NO4S. The topological polar surface area (TPSA) is 95.2 Å². The molecule has 0 amide bonds. The Balaban J connectivity index is 3.33. The van der Waals surface area contributed by atoms with Crippen LogP contribution in [0.1, 0.15) is 21.5 Å². The third kappa shape index (κ3) is 3.07. The van der Waals surface area contributed by atoms with E-state index in [4.69, 9.17) is 10.4 Å². The second-order valence-electron chi connectivity index (χ2n) is 3.36. The van der Waals surface area contributed by atoms with Crippen molar-refractivity contribution in [3.05, 3.63) is 34.9 Å². The predicted molar refractivity (Wildman–Crippen MR) is 56.7 cm³/mol. The van der Waals surface area contributed by atoms with E-state index in [1.807, 2.05) is 6.07 Å². The Morgan fingerprint density at radius 2 is 2.12 bits per heavy atom. The van der Waals surface area contributed by atoms with Crippen LogP contribution >= 0.6 is 0 Å². The summed E-state index contributed by atoms with van der Waals surface area (Å²) in [6.45, 7) is 0. The van der Waals surface area contributed by atoms with Gasteiger partial charge in [0.25, 0.3) is 0 Å². The van der Waals surface area contributed by atoms with Gasteiger partial charge in [0.2, 0.25) is 0 Å². The van der Waals surface area contributed by atoms with Crippen LogP contribution in [0.25, 0.3) is 0 Å². The summed E-state index contributed by atoms with van der Waals surface area (Å²) in [4.78, 5) is 10.8.